The van der Waals surface area contributed by atoms with E-state index in [1.165, 1.54) is 12.1 Å². The van der Waals surface area contributed by atoms with E-state index in [-0.39, 0.29) is 23.4 Å². The van der Waals surface area contributed by atoms with Crippen molar-refractivity contribution in [3.05, 3.63) is 70.0 Å². The van der Waals surface area contributed by atoms with E-state index in [0.29, 0.717) is 37.7 Å². The Bertz CT molecular complexity index is 946. The Morgan fingerprint density at radius 3 is 2.73 bits per heavy atom. The normalized spacial score (nSPS) is 19.5. The van der Waals surface area contributed by atoms with Gasteiger partial charge in [0.2, 0.25) is 11.8 Å². The van der Waals surface area contributed by atoms with Gasteiger partial charge in [0, 0.05) is 26.3 Å². The van der Waals surface area contributed by atoms with Crippen LogP contribution in [0.3, 0.4) is 0 Å². The highest BCUT2D eigenvalue weighted by atomic mass is 35.5. The van der Waals surface area contributed by atoms with Gasteiger partial charge < -0.3 is 15.0 Å². The number of rotatable bonds is 5. The quantitative estimate of drug-likeness (QED) is 0.787. The largest absolute Gasteiger partial charge is 0.381 e. The number of ether oxygens (including phenoxy) is 1. The van der Waals surface area contributed by atoms with E-state index in [1.807, 2.05) is 24.3 Å². The maximum atomic E-state index is 13.7. The van der Waals surface area contributed by atoms with Crippen LogP contribution in [0.4, 0.5) is 4.39 Å². The number of halogens is 2. The predicted molar refractivity (Wildman–Crippen MR) is 111 cm³/mol. The fourth-order valence-electron chi connectivity index (χ4n) is 4.17. The van der Waals surface area contributed by atoms with Gasteiger partial charge in [-0.1, -0.05) is 41.9 Å². The van der Waals surface area contributed by atoms with Gasteiger partial charge in [-0.3, -0.25) is 9.59 Å². The lowest BCUT2D eigenvalue weighted by Crippen LogP contribution is -2.49. The van der Waals surface area contributed by atoms with Gasteiger partial charge in [-0.25, -0.2) is 4.39 Å². The molecule has 4 rings (SSSR count). The van der Waals surface area contributed by atoms with E-state index in [4.69, 9.17) is 16.3 Å². The van der Waals surface area contributed by atoms with E-state index in [2.05, 4.69) is 5.32 Å². The Hall–Kier alpha value is -2.44. The third kappa shape index (κ3) is 4.50. The molecule has 7 heteroatoms. The number of fused-ring (bicyclic) bond motifs is 1. The zero-order valence-electron chi connectivity index (χ0n) is 16.6. The van der Waals surface area contributed by atoms with Crippen molar-refractivity contribution >= 4 is 23.4 Å². The molecule has 0 aliphatic carbocycles. The number of amides is 2. The summed E-state index contributed by atoms with van der Waals surface area (Å²) in [5.74, 6) is -0.521. The van der Waals surface area contributed by atoms with Crippen molar-refractivity contribution in [2.24, 2.45) is 5.92 Å². The Morgan fingerprint density at radius 2 is 1.97 bits per heavy atom. The highest BCUT2D eigenvalue weighted by Gasteiger charge is 2.38. The number of carbonyl (C=O) groups excluding carboxylic acids is 2. The summed E-state index contributed by atoms with van der Waals surface area (Å²) in [7, 11) is 0. The second-order valence-corrected chi connectivity index (χ2v) is 8.25. The topological polar surface area (TPSA) is 58.6 Å². The highest BCUT2D eigenvalue weighted by Crippen LogP contribution is 2.32. The smallest absolute Gasteiger partial charge is 0.247 e. The van der Waals surface area contributed by atoms with E-state index >= 15 is 0 Å². The minimum absolute atomic E-state index is 0.0412. The first-order chi connectivity index (χ1) is 14.5. The summed E-state index contributed by atoms with van der Waals surface area (Å²) in [4.78, 5) is 27.9. The van der Waals surface area contributed by atoms with Crippen LogP contribution in [0.25, 0.3) is 0 Å². The van der Waals surface area contributed by atoms with Crippen LogP contribution in [-0.4, -0.2) is 36.5 Å². The lowest BCUT2D eigenvalue weighted by Gasteiger charge is -2.39. The number of carbonyl (C=O) groups is 2. The predicted octanol–water partition coefficient (Wildman–Crippen LogP) is 3.65. The second kappa shape index (κ2) is 9.14. The van der Waals surface area contributed by atoms with Crippen molar-refractivity contribution in [3.8, 4) is 0 Å². The first-order valence-corrected chi connectivity index (χ1v) is 10.6. The SMILES string of the molecule is O=C(NCc1ccc(Cl)c(F)c1)C1c2ccccc2CC(=O)N1CC1CCOCC1. The molecule has 0 bridgehead atoms. The Kier molecular flexibility index (Phi) is 6.35. The summed E-state index contributed by atoms with van der Waals surface area (Å²) in [6, 6.07) is 11.3. The minimum atomic E-state index is -0.692. The van der Waals surface area contributed by atoms with Crippen LogP contribution in [0, 0.1) is 11.7 Å². The van der Waals surface area contributed by atoms with Gasteiger partial charge in [0.1, 0.15) is 11.9 Å². The monoisotopic (exact) mass is 430 g/mol. The molecule has 1 atom stereocenters. The number of nitrogens with zero attached hydrogens (tertiary/aromatic N) is 1. The molecule has 2 aromatic rings. The van der Waals surface area contributed by atoms with Gasteiger partial charge in [-0.05, 0) is 47.6 Å². The van der Waals surface area contributed by atoms with Crippen molar-refractivity contribution in [3.63, 3.8) is 0 Å². The Balaban J connectivity index is 1.55. The fourth-order valence-corrected chi connectivity index (χ4v) is 4.29. The number of nitrogens with one attached hydrogen (secondary N) is 1. The minimum Gasteiger partial charge on any atom is -0.381 e. The van der Waals surface area contributed by atoms with Crippen LogP contribution in [0.15, 0.2) is 42.5 Å². The number of hydrogen-bond acceptors (Lipinski definition) is 3. The standard InChI is InChI=1S/C23H24ClFN2O3/c24-19-6-5-16(11-20(19)25)13-26-23(29)22-18-4-2-1-3-17(18)12-21(28)27(22)14-15-7-9-30-10-8-15/h1-6,11,15,22H,7-10,12-14H2,(H,26,29). The molecule has 2 aliphatic heterocycles. The van der Waals surface area contributed by atoms with Crippen molar-refractivity contribution in [1.82, 2.24) is 10.2 Å². The second-order valence-electron chi connectivity index (χ2n) is 7.85. The summed E-state index contributed by atoms with van der Waals surface area (Å²) in [6.07, 6.45) is 2.05. The van der Waals surface area contributed by atoms with Gasteiger partial charge >= 0.3 is 0 Å². The third-order valence-corrected chi connectivity index (χ3v) is 6.12. The van der Waals surface area contributed by atoms with E-state index in [1.54, 1.807) is 11.0 Å². The molecular formula is C23H24ClFN2O3. The molecule has 1 N–H and O–H groups in total. The molecule has 1 saturated heterocycles. The summed E-state index contributed by atoms with van der Waals surface area (Å²) in [6.45, 7) is 2.06. The lowest BCUT2D eigenvalue weighted by atomic mass is 9.89. The molecule has 0 saturated carbocycles. The average molecular weight is 431 g/mol. The fraction of sp³-hybridized carbons (Fsp3) is 0.391. The van der Waals surface area contributed by atoms with Crippen LogP contribution < -0.4 is 5.32 Å². The maximum Gasteiger partial charge on any atom is 0.247 e. The summed E-state index contributed by atoms with van der Waals surface area (Å²) in [5.41, 5.74) is 2.34. The van der Waals surface area contributed by atoms with Gasteiger partial charge in [0.05, 0.1) is 11.4 Å². The summed E-state index contributed by atoms with van der Waals surface area (Å²) >= 11 is 5.73. The Morgan fingerprint density at radius 1 is 1.20 bits per heavy atom. The molecule has 2 aliphatic rings. The van der Waals surface area contributed by atoms with Gasteiger partial charge in [0.25, 0.3) is 0 Å². The van der Waals surface area contributed by atoms with Gasteiger partial charge in [-0.15, -0.1) is 0 Å². The zero-order valence-corrected chi connectivity index (χ0v) is 17.3. The highest BCUT2D eigenvalue weighted by molar-refractivity contribution is 6.30. The van der Waals surface area contributed by atoms with E-state index in [0.717, 1.165) is 24.0 Å². The Labute approximate surface area is 180 Å². The molecular weight excluding hydrogens is 407 g/mol. The molecule has 2 heterocycles. The number of benzene rings is 2. The first kappa shape index (κ1) is 20.8. The van der Waals surface area contributed by atoms with Gasteiger partial charge in [0.15, 0.2) is 0 Å². The lowest BCUT2D eigenvalue weighted by molar-refractivity contribution is -0.143. The van der Waals surface area contributed by atoms with Crippen molar-refractivity contribution < 1.29 is 18.7 Å². The van der Waals surface area contributed by atoms with Crippen molar-refractivity contribution in [2.75, 3.05) is 19.8 Å². The molecule has 1 fully saturated rings. The van der Waals surface area contributed by atoms with Gasteiger partial charge in [-0.2, -0.15) is 0 Å². The first-order valence-electron chi connectivity index (χ1n) is 10.2. The summed E-state index contributed by atoms with van der Waals surface area (Å²) < 4.78 is 19.2. The molecule has 2 aromatic carbocycles. The molecule has 158 valence electrons. The third-order valence-electron chi connectivity index (χ3n) is 5.82. The molecule has 1 unspecified atom stereocenters. The van der Waals surface area contributed by atoms with Crippen molar-refractivity contribution in [2.45, 2.75) is 31.8 Å². The van der Waals surface area contributed by atoms with E-state index < -0.39 is 11.9 Å². The van der Waals surface area contributed by atoms with Crippen molar-refractivity contribution in [1.29, 1.82) is 0 Å². The maximum absolute atomic E-state index is 13.7. The molecule has 5 nitrogen and oxygen atoms in total. The van der Waals surface area contributed by atoms with Crippen LogP contribution >= 0.6 is 11.6 Å². The van der Waals surface area contributed by atoms with Crippen LogP contribution in [0.5, 0.6) is 0 Å². The molecule has 0 spiro atoms. The van der Waals surface area contributed by atoms with E-state index in [9.17, 15) is 14.0 Å². The summed E-state index contributed by atoms with van der Waals surface area (Å²) in [5, 5.41) is 2.92. The zero-order chi connectivity index (χ0) is 21.1. The molecule has 2 amide bonds. The average Bonchev–Trinajstić information content (AvgIpc) is 2.75. The van der Waals surface area contributed by atoms with Crippen LogP contribution in [0.1, 0.15) is 35.6 Å². The van der Waals surface area contributed by atoms with Crippen LogP contribution in [0.2, 0.25) is 5.02 Å². The molecule has 0 aromatic heterocycles. The molecule has 30 heavy (non-hydrogen) atoms. The van der Waals surface area contributed by atoms with Crippen LogP contribution in [-0.2, 0) is 27.3 Å². The number of hydrogen-bond donors (Lipinski definition) is 1. The molecule has 0 radical (unpaired) electrons.